The van der Waals surface area contributed by atoms with Gasteiger partial charge in [0.05, 0.1) is 0 Å². The van der Waals surface area contributed by atoms with Crippen LogP contribution in [0.5, 0.6) is 0 Å². The number of allylic oxidation sites excluding steroid dienone is 1. The van der Waals surface area contributed by atoms with E-state index in [9.17, 15) is 4.79 Å². The number of carbonyl (C=O) groups is 1. The highest BCUT2D eigenvalue weighted by atomic mass is 32.1. The highest BCUT2D eigenvalue weighted by Crippen LogP contribution is 2.22. The SMILES string of the molecule is O=C1CC=Cc2cscc21. The molecule has 1 heterocycles. The third-order valence-corrected chi connectivity index (χ3v) is 2.35. The van der Waals surface area contributed by atoms with E-state index in [1.54, 1.807) is 11.3 Å². The minimum atomic E-state index is 0.249. The molecule has 0 atom stereocenters. The zero-order valence-corrected chi connectivity index (χ0v) is 6.15. The first-order valence-corrected chi connectivity index (χ1v) is 4.08. The van der Waals surface area contributed by atoms with Gasteiger partial charge in [0, 0.05) is 17.4 Å². The summed E-state index contributed by atoms with van der Waals surface area (Å²) in [5, 5.41) is 3.92. The molecule has 0 spiro atoms. The molecule has 0 N–H and O–H groups in total. The summed E-state index contributed by atoms with van der Waals surface area (Å²) in [5.74, 6) is 0.249. The van der Waals surface area contributed by atoms with Gasteiger partial charge in [-0.2, -0.15) is 11.3 Å². The van der Waals surface area contributed by atoms with Gasteiger partial charge in [0.25, 0.3) is 0 Å². The molecule has 50 valence electrons. The number of Topliss-reactive ketones (excluding diaryl/α,β-unsaturated/α-hetero) is 1. The van der Waals surface area contributed by atoms with Gasteiger partial charge in [-0.3, -0.25) is 4.79 Å². The van der Waals surface area contributed by atoms with Crippen molar-refractivity contribution < 1.29 is 4.79 Å². The molecule has 1 aromatic rings. The third kappa shape index (κ3) is 0.727. The van der Waals surface area contributed by atoms with Crippen molar-refractivity contribution in [2.24, 2.45) is 0 Å². The molecule has 10 heavy (non-hydrogen) atoms. The molecule has 0 amide bonds. The number of rotatable bonds is 0. The van der Waals surface area contributed by atoms with Gasteiger partial charge < -0.3 is 0 Å². The van der Waals surface area contributed by atoms with E-state index in [0.717, 1.165) is 11.1 Å². The van der Waals surface area contributed by atoms with Crippen LogP contribution in [0.15, 0.2) is 16.8 Å². The number of carbonyl (C=O) groups excluding carboxylic acids is 1. The Balaban J connectivity index is 2.62. The highest BCUT2D eigenvalue weighted by Gasteiger charge is 2.12. The molecule has 0 unspecified atom stereocenters. The second kappa shape index (κ2) is 2.06. The second-order valence-corrected chi connectivity index (χ2v) is 3.01. The second-order valence-electron chi connectivity index (χ2n) is 2.27. The molecule has 0 saturated heterocycles. The van der Waals surface area contributed by atoms with Gasteiger partial charge in [-0.1, -0.05) is 12.2 Å². The largest absolute Gasteiger partial charge is 0.294 e. The standard InChI is InChI=1S/C8H6OS/c9-8-3-1-2-6-4-10-5-7(6)8/h1-2,4-5H,3H2. The monoisotopic (exact) mass is 150 g/mol. The number of ketones is 1. The lowest BCUT2D eigenvalue weighted by Gasteiger charge is -2.01. The van der Waals surface area contributed by atoms with Crippen LogP contribution in [0.2, 0.25) is 0 Å². The summed E-state index contributed by atoms with van der Waals surface area (Å²) in [6.45, 7) is 0. The zero-order chi connectivity index (χ0) is 6.97. The van der Waals surface area contributed by atoms with Crippen LogP contribution in [-0.2, 0) is 0 Å². The Labute approximate surface area is 63.0 Å². The van der Waals surface area contributed by atoms with Crippen molar-refractivity contribution in [2.45, 2.75) is 6.42 Å². The quantitative estimate of drug-likeness (QED) is 0.554. The number of hydrogen-bond donors (Lipinski definition) is 0. The van der Waals surface area contributed by atoms with E-state index in [2.05, 4.69) is 0 Å². The van der Waals surface area contributed by atoms with Gasteiger partial charge in [0.2, 0.25) is 0 Å². The van der Waals surface area contributed by atoms with E-state index in [0.29, 0.717) is 6.42 Å². The summed E-state index contributed by atoms with van der Waals surface area (Å²) in [4.78, 5) is 11.1. The molecule has 1 aromatic heterocycles. The summed E-state index contributed by atoms with van der Waals surface area (Å²) < 4.78 is 0. The molecule has 0 radical (unpaired) electrons. The molecule has 0 fully saturated rings. The molecule has 0 aliphatic heterocycles. The Morgan fingerprint density at radius 1 is 1.40 bits per heavy atom. The van der Waals surface area contributed by atoms with Gasteiger partial charge in [-0.05, 0) is 10.9 Å². The van der Waals surface area contributed by atoms with Crippen molar-refractivity contribution in [3.8, 4) is 0 Å². The molecule has 2 heteroatoms. The number of hydrogen-bond acceptors (Lipinski definition) is 2. The van der Waals surface area contributed by atoms with Crippen molar-refractivity contribution in [3.63, 3.8) is 0 Å². The van der Waals surface area contributed by atoms with Crippen LogP contribution in [0, 0.1) is 0 Å². The van der Waals surface area contributed by atoms with Crippen LogP contribution in [0.4, 0.5) is 0 Å². The lowest BCUT2D eigenvalue weighted by Crippen LogP contribution is -2.00. The van der Waals surface area contributed by atoms with Crippen LogP contribution in [0.25, 0.3) is 6.08 Å². The normalized spacial score (nSPS) is 15.4. The molecule has 0 aromatic carbocycles. The summed E-state index contributed by atoms with van der Waals surface area (Å²) in [6, 6.07) is 0. The van der Waals surface area contributed by atoms with E-state index in [-0.39, 0.29) is 5.78 Å². The average Bonchev–Trinajstić information content (AvgIpc) is 2.36. The van der Waals surface area contributed by atoms with Crippen molar-refractivity contribution in [1.82, 2.24) is 0 Å². The number of thiophene rings is 1. The van der Waals surface area contributed by atoms with Crippen molar-refractivity contribution >= 4 is 23.2 Å². The summed E-state index contributed by atoms with van der Waals surface area (Å²) in [5.41, 5.74) is 1.98. The van der Waals surface area contributed by atoms with E-state index >= 15 is 0 Å². The van der Waals surface area contributed by atoms with Crippen molar-refractivity contribution in [1.29, 1.82) is 0 Å². The maximum absolute atomic E-state index is 11.1. The Morgan fingerprint density at radius 2 is 2.30 bits per heavy atom. The summed E-state index contributed by atoms with van der Waals surface area (Å²) in [7, 11) is 0. The van der Waals surface area contributed by atoms with Crippen LogP contribution in [0.1, 0.15) is 22.3 Å². The molecule has 1 nitrogen and oxygen atoms in total. The highest BCUT2D eigenvalue weighted by molar-refractivity contribution is 7.08. The topological polar surface area (TPSA) is 17.1 Å². The van der Waals surface area contributed by atoms with Gasteiger partial charge in [-0.15, -0.1) is 0 Å². The number of fused-ring (bicyclic) bond motifs is 1. The fourth-order valence-electron chi connectivity index (χ4n) is 1.07. The minimum absolute atomic E-state index is 0.249. The van der Waals surface area contributed by atoms with Crippen LogP contribution in [-0.4, -0.2) is 5.78 Å². The van der Waals surface area contributed by atoms with E-state index in [1.165, 1.54) is 0 Å². The lowest BCUT2D eigenvalue weighted by molar-refractivity contribution is 0.0995. The summed E-state index contributed by atoms with van der Waals surface area (Å²) >= 11 is 1.59. The Morgan fingerprint density at radius 3 is 3.10 bits per heavy atom. The first-order chi connectivity index (χ1) is 4.88. The van der Waals surface area contributed by atoms with Crippen molar-refractivity contribution in [2.75, 3.05) is 0 Å². The van der Waals surface area contributed by atoms with Gasteiger partial charge >= 0.3 is 0 Å². The Hall–Kier alpha value is -0.890. The van der Waals surface area contributed by atoms with Crippen molar-refractivity contribution in [3.05, 3.63) is 28.0 Å². The average molecular weight is 150 g/mol. The van der Waals surface area contributed by atoms with Crippen LogP contribution < -0.4 is 0 Å². The fraction of sp³-hybridized carbons (Fsp3) is 0.125. The molecule has 1 aliphatic rings. The summed E-state index contributed by atoms with van der Waals surface area (Å²) in [6.07, 6.45) is 4.49. The van der Waals surface area contributed by atoms with Gasteiger partial charge in [0.1, 0.15) is 0 Å². The molecule has 0 bridgehead atoms. The van der Waals surface area contributed by atoms with E-state index in [4.69, 9.17) is 0 Å². The molecular formula is C8H6OS. The lowest BCUT2D eigenvalue weighted by atomic mass is 10.0. The smallest absolute Gasteiger partial charge is 0.168 e. The molecular weight excluding hydrogens is 144 g/mol. The van der Waals surface area contributed by atoms with Crippen LogP contribution in [0.3, 0.4) is 0 Å². The first kappa shape index (κ1) is 5.86. The molecule has 0 saturated carbocycles. The third-order valence-electron chi connectivity index (χ3n) is 1.59. The Kier molecular flexibility index (Phi) is 1.21. The maximum Gasteiger partial charge on any atom is 0.168 e. The van der Waals surface area contributed by atoms with Crippen LogP contribution >= 0.6 is 11.3 Å². The predicted molar refractivity (Wildman–Crippen MR) is 42.3 cm³/mol. The fourth-order valence-corrected chi connectivity index (χ4v) is 1.89. The zero-order valence-electron chi connectivity index (χ0n) is 5.33. The minimum Gasteiger partial charge on any atom is -0.294 e. The molecule has 2 rings (SSSR count). The van der Waals surface area contributed by atoms with Gasteiger partial charge in [-0.25, -0.2) is 0 Å². The van der Waals surface area contributed by atoms with E-state index in [1.807, 2.05) is 22.9 Å². The van der Waals surface area contributed by atoms with Gasteiger partial charge in [0.15, 0.2) is 5.78 Å². The maximum atomic E-state index is 11.1. The predicted octanol–water partition coefficient (Wildman–Crippen LogP) is 2.35. The van der Waals surface area contributed by atoms with E-state index < -0.39 is 0 Å². The molecule has 1 aliphatic carbocycles. The Bertz CT molecular complexity index is 296. The first-order valence-electron chi connectivity index (χ1n) is 3.14.